The van der Waals surface area contributed by atoms with E-state index in [0.29, 0.717) is 6.04 Å². The highest BCUT2D eigenvalue weighted by Crippen LogP contribution is 2.13. The van der Waals surface area contributed by atoms with Crippen molar-refractivity contribution in [3.05, 3.63) is 64.4 Å². The Morgan fingerprint density at radius 2 is 1.85 bits per heavy atom. The van der Waals surface area contributed by atoms with E-state index in [2.05, 4.69) is 63.5 Å². The average Bonchev–Trinajstić information content (AvgIpc) is 2.48. The molecule has 20 heavy (non-hydrogen) atoms. The molecule has 1 N–H and O–H groups in total. The van der Waals surface area contributed by atoms with Crippen molar-refractivity contribution in [2.24, 2.45) is 0 Å². The number of aromatic nitrogens is 1. The summed E-state index contributed by atoms with van der Waals surface area (Å²) >= 11 is 3.48. The predicted molar refractivity (Wildman–Crippen MR) is 87.9 cm³/mol. The number of hydrogen-bond donors (Lipinski definition) is 1. The standard InChI is InChI=1S/C17H21BrN2/c1-2-9-20-17(12-15-4-3-10-19-13-15)11-14-5-7-16(18)8-6-14/h3-8,10,13,17,20H,2,9,11-12H2,1H3. The zero-order chi connectivity index (χ0) is 14.2. The lowest BCUT2D eigenvalue weighted by atomic mass is 10.00. The first-order chi connectivity index (χ1) is 9.78. The van der Waals surface area contributed by atoms with Gasteiger partial charge >= 0.3 is 0 Å². The van der Waals surface area contributed by atoms with Crippen molar-refractivity contribution in [3.63, 3.8) is 0 Å². The van der Waals surface area contributed by atoms with Crippen LogP contribution in [0.1, 0.15) is 24.5 Å². The molecule has 1 atom stereocenters. The maximum Gasteiger partial charge on any atom is 0.0300 e. The number of nitrogens with one attached hydrogen (secondary N) is 1. The van der Waals surface area contributed by atoms with Crippen LogP contribution in [0.2, 0.25) is 0 Å². The fraction of sp³-hybridized carbons (Fsp3) is 0.353. The largest absolute Gasteiger partial charge is 0.313 e. The molecule has 106 valence electrons. The molecule has 0 aliphatic carbocycles. The highest BCUT2D eigenvalue weighted by atomic mass is 79.9. The molecule has 0 aliphatic heterocycles. The lowest BCUT2D eigenvalue weighted by Gasteiger charge is -2.18. The lowest BCUT2D eigenvalue weighted by Crippen LogP contribution is -2.33. The van der Waals surface area contributed by atoms with Gasteiger partial charge in [0.1, 0.15) is 0 Å². The van der Waals surface area contributed by atoms with Crippen LogP contribution in [0, 0.1) is 0 Å². The van der Waals surface area contributed by atoms with Gasteiger partial charge in [0, 0.05) is 22.9 Å². The minimum atomic E-state index is 0.459. The van der Waals surface area contributed by atoms with Crippen molar-refractivity contribution in [3.8, 4) is 0 Å². The van der Waals surface area contributed by atoms with E-state index in [-0.39, 0.29) is 0 Å². The Morgan fingerprint density at radius 1 is 1.10 bits per heavy atom. The van der Waals surface area contributed by atoms with Gasteiger partial charge in [0.2, 0.25) is 0 Å². The number of halogens is 1. The maximum atomic E-state index is 4.20. The van der Waals surface area contributed by atoms with E-state index in [0.717, 1.165) is 30.3 Å². The number of nitrogens with zero attached hydrogens (tertiary/aromatic N) is 1. The maximum absolute atomic E-state index is 4.20. The second-order valence-electron chi connectivity index (χ2n) is 5.05. The minimum Gasteiger partial charge on any atom is -0.313 e. The summed E-state index contributed by atoms with van der Waals surface area (Å²) in [5, 5.41) is 3.64. The van der Waals surface area contributed by atoms with Crippen molar-refractivity contribution in [2.45, 2.75) is 32.2 Å². The van der Waals surface area contributed by atoms with Crippen molar-refractivity contribution in [1.82, 2.24) is 10.3 Å². The Bertz CT molecular complexity index is 496. The monoisotopic (exact) mass is 332 g/mol. The molecule has 0 saturated heterocycles. The van der Waals surface area contributed by atoms with E-state index in [1.165, 1.54) is 11.1 Å². The van der Waals surface area contributed by atoms with Gasteiger partial charge in [-0.2, -0.15) is 0 Å². The first kappa shape index (κ1) is 15.2. The molecular formula is C17H21BrN2. The van der Waals surface area contributed by atoms with E-state index in [9.17, 15) is 0 Å². The van der Waals surface area contributed by atoms with Crippen molar-refractivity contribution in [1.29, 1.82) is 0 Å². The first-order valence-electron chi connectivity index (χ1n) is 7.14. The Morgan fingerprint density at radius 3 is 2.50 bits per heavy atom. The van der Waals surface area contributed by atoms with Crippen LogP contribution < -0.4 is 5.32 Å². The molecular weight excluding hydrogens is 312 g/mol. The minimum absolute atomic E-state index is 0.459. The summed E-state index contributed by atoms with van der Waals surface area (Å²) in [4.78, 5) is 4.20. The molecule has 3 heteroatoms. The summed E-state index contributed by atoms with van der Waals surface area (Å²) in [6, 6.07) is 13.2. The number of rotatable bonds is 7. The highest BCUT2D eigenvalue weighted by molar-refractivity contribution is 9.10. The van der Waals surface area contributed by atoms with Gasteiger partial charge in [-0.3, -0.25) is 4.98 Å². The Hall–Kier alpha value is -1.19. The molecule has 1 unspecified atom stereocenters. The SMILES string of the molecule is CCCNC(Cc1ccc(Br)cc1)Cc1cccnc1. The number of hydrogen-bond acceptors (Lipinski definition) is 2. The third kappa shape index (κ3) is 5.06. The fourth-order valence-electron chi connectivity index (χ4n) is 2.27. The third-order valence-electron chi connectivity index (χ3n) is 3.28. The summed E-state index contributed by atoms with van der Waals surface area (Å²) in [7, 11) is 0. The van der Waals surface area contributed by atoms with Gasteiger partial charge in [0.15, 0.2) is 0 Å². The number of benzene rings is 1. The summed E-state index contributed by atoms with van der Waals surface area (Å²) in [5.41, 5.74) is 2.66. The lowest BCUT2D eigenvalue weighted by molar-refractivity contribution is 0.504. The molecule has 0 bridgehead atoms. The van der Waals surface area contributed by atoms with Gasteiger partial charge in [-0.05, 0) is 55.1 Å². The molecule has 2 rings (SSSR count). The Labute approximate surface area is 129 Å². The zero-order valence-corrected chi connectivity index (χ0v) is 13.4. The molecule has 0 aliphatic rings. The van der Waals surface area contributed by atoms with Crippen molar-refractivity contribution < 1.29 is 0 Å². The molecule has 0 spiro atoms. The molecule has 1 aromatic heterocycles. The van der Waals surface area contributed by atoms with E-state index in [4.69, 9.17) is 0 Å². The summed E-state index contributed by atoms with van der Waals surface area (Å²) < 4.78 is 1.13. The number of pyridine rings is 1. The van der Waals surface area contributed by atoms with Crippen LogP contribution in [0.3, 0.4) is 0 Å². The van der Waals surface area contributed by atoms with E-state index in [1.54, 1.807) is 0 Å². The van der Waals surface area contributed by atoms with Crippen LogP contribution in [-0.2, 0) is 12.8 Å². The smallest absolute Gasteiger partial charge is 0.0300 e. The van der Waals surface area contributed by atoms with E-state index < -0.39 is 0 Å². The quantitative estimate of drug-likeness (QED) is 0.828. The fourth-order valence-corrected chi connectivity index (χ4v) is 2.54. The first-order valence-corrected chi connectivity index (χ1v) is 7.94. The van der Waals surface area contributed by atoms with Crippen molar-refractivity contribution >= 4 is 15.9 Å². The second kappa shape index (κ2) is 8.18. The molecule has 0 amide bonds. The second-order valence-corrected chi connectivity index (χ2v) is 5.96. The van der Waals surface area contributed by atoms with Crippen LogP contribution in [0.25, 0.3) is 0 Å². The van der Waals surface area contributed by atoms with Crippen LogP contribution in [-0.4, -0.2) is 17.6 Å². The molecule has 1 heterocycles. The van der Waals surface area contributed by atoms with Gasteiger partial charge in [-0.15, -0.1) is 0 Å². The molecule has 0 fully saturated rings. The third-order valence-corrected chi connectivity index (χ3v) is 3.81. The van der Waals surface area contributed by atoms with Crippen LogP contribution in [0.4, 0.5) is 0 Å². The normalized spacial score (nSPS) is 12.3. The van der Waals surface area contributed by atoms with Gasteiger partial charge in [0.05, 0.1) is 0 Å². The molecule has 1 aromatic carbocycles. The van der Waals surface area contributed by atoms with Crippen LogP contribution in [0.5, 0.6) is 0 Å². The molecule has 0 saturated carbocycles. The van der Waals surface area contributed by atoms with Crippen LogP contribution in [0.15, 0.2) is 53.3 Å². The zero-order valence-electron chi connectivity index (χ0n) is 11.8. The summed E-state index contributed by atoms with van der Waals surface area (Å²) in [6.07, 6.45) is 7.00. The van der Waals surface area contributed by atoms with Gasteiger partial charge in [0.25, 0.3) is 0 Å². The Kier molecular flexibility index (Phi) is 6.22. The molecule has 2 aromatic rings. The van der Waals surface area contributed by atoms with E-state index in [1.807, 2.05) is 18.5 Å². The van der Waals surface area contributed by atoms with Gasteiger partial charge in [-0.1, -0.05) is 41.1 Å². The van der Waals surface area contributed by atoms with Gasteiger partial charge < -0.3 is 5.32 Å². The molecule has 2 nitrogen and oxygen atoms in total. The summed E-state index contributed by atoms with van der Waals surface area (Å²) in [6.45, 7) is 3.26. The van der Waals surface area contributed by atoms with Crippen LogP contribution >= 0.6 is 15.9 Å². The highest BCUT2D eigenvalue weighted by Gasteiger charge is 2.10. The van der Waals surface area contributed by atoms with Gasteiger partial charge in [-0.25, -0.2) is 0 Å². The topological polar surface area (TPSA) is 24.9 Å². The van der Waals surface area contributed by atoms with Crippen molar-refractivity contribution in [2.75, 3.05) is 6.54 Å². The average molecular weight is 333 g/mol. The Balaban J connectivity index is 2.01. The molecule has 0 radical (unpaired) electrons. The summed E-state index contributed by atoms with van der Waals surface area (Å²) in [5.74, 6) is 0. The van der Waals surface area contributed by atoms with E-state index >= 15 is 0 Å². The predicted octanol–water partition coefficient (Wildman–Crippen LogP) is 4.00.